The lowest BCUT2D eigenvalue weighted by Crippen LogP contribution is -2.37. The predicted molar refractivity (Wildman–Crippen MR) is 106 cm³/mol. The summed E-state index contributed by atoms with van der Waals surface area (Å²) in [7, 11) is 1.60. The van der Waals surface area contributed by atoms with E-state index in [1.54, 1.807) is 27.9 Å². The van der Waals surface area contributed by atoms with E-state index in [9.17, 15) is 14.4 Å². The van der Waals surface area contributed by atoms with Crippen LogP contribution in [-0.2, 0) is 20.7 Å². The number of ether oxygens (including phenoxy) is 2. The van der Waals surface area contributed by atoms with Gasteiger partial charge in [0.05, 0.1) is 7.11 Å². The Kier molecular flexibility index (Phi) is 9.84. The molecule has 0 spiro atoms. The fourth-order valence-corrected chi connectivity index (χ4v) is 2.26. The lowest BCUT2D eigenvalue weighted by molar-refractivity contribution is -0.122. The molecule has 3 N–H and O–H groups in total. The monoisotopic (exact) mass is 393 g/mol. The topological polar surface area (TPSA) is 106 Å². The summed E-state index contributed by atoms with van der Waals surface area (Å²) in [4.78, 5) is 35.0. The molecular formula is C20H31N3O5. The van der Waals surface area contributed by atoms with Crippen LogP contribution in [0, 0.1) is 0 Å². The second-order valence-corrected chi connectivity index (χ2v) is 7.23. The zero-order valence-electron chi connectivity index (χ0n) is 17.1. The third kappa shape index (κ3) is 11.1. The molecule has 0 unspecified atom stereocenters. The molecule has 1 rings (SSSR count). The third-order valence-corrected chi connectivity index (χ3v) is 3.56. The van der Waals surface area contributed by atoms with Crippen LogP contribution in [0.3, 0.4) is 0 Å². The lowest BCUT2D eigenvalue weighted by atomic mass is 10.1. The highest BCUT2D eigenvalue weighted by molar-refractivity contribution is 5.77. The molecule has 0 saturated carbocycles. The van der Waals surface area contributed by atoms with E-state index in [1.165, 1.54) is 0 Å². The number of aryl methyl sites for hydroxylation is 1. The summed E-state index contributed by atoms with van der Waals surface area (Å²) in [6.45, 7) is 6.17. The Morgan fingerprint density at radius 1 is 0.929 bits per heavy atom. The molecular weight excluding hydrogens is 362 g/mol. The number of alkyl carbamates (subject to hydrolysis) is 1. The zero-order valence-corrected chi connectivity index (χ0v) is 17.1. The van der Waals surface area contributed by atoms with Gasteiger partial charge in [-0.05, 0) is 44.9 Å². The second kappa shape index (κ2) is 11.8. The van der Waals surface area contributed by atoms with Gasteiger partial charge in [0.1, 0.15) is 11.4 Å². The molecule has 28 heavy (non-hydrogen) atoms. The molecule has 1 aromatic carbocycles. The van der Waals surface area contributed by atoms with Gasteiger partial charge < -0.3 is 25.4 Å². The van der Waals surface area contributed by atoms with Gasteiger partial charge in [-0.2, -0.15) is 0 Å². The first-order valence-corrected chi connectivity index (χ1v) is 9.33. The summed E-state index contributed by atoms with van der Waals surface area (Å²) >= 11 is 0. The van der Waals surface area contributed by atoms with E-state index in [4.69, 9.17) is 9.47 Å². The van der Waals surface area contributed by atoms with Crippen LogP contribution in [0.25, 0.3) is 0 Å². The van der Waals surface area contributed by atoms with Gasteiger partial charge in [0.25, 0.3) is 0 Å². The average molecular weight is 393 g/mol. The molecule has 0 saturated heterocycles. The Balaban J connectivity index is 2.09. The first kappa shape index (κ1) is 23.3. The maximum absolute atomic E-state index is 11.9. The maximum Gasteiger partial charge on any atom is 0.407 e. The van der Waals surface area contributed by atoms with Crippen LogP contribution in [-0.4, -0.2) is 50.3 Å². The van der Waals surface area contributed by atoms with Gasteiger partial charge in [-0.1, -0.05) is 12.1 Å². The maximum atomic E-state index is 11.9. The van der Waals surface area contributed by atoms with E-state index >= 15 is 0 Å². The summed E-state index contributed by atoms with van der Waals surface area (Å²) < 4.78 is 10.2. The minimum absolute atomic E-state index is 0.0799. The van der Waals surface area contributed by atoms with Crippen molar-refractivity contribution in [1.82, 2.24) is 16.0 Å². The summed E-state index contributed by atoms with van der Waals surface area (Å²) in [6, 6.07) is 7.59. The SMILES string of the molecule is COc1cccc(CCC(=O)NCCNC(=O)CCNC(=O)OC(C)(C)C)c1. The molecule has 0 radical (unpaired) electrons. The molecule has 0 fully saturated rings. The van der Waals surface area contributed by atoms with Gasteiger partial charge >= 0.3 is 6.09 Å². The van der Waals surface area contributed by atoms with Crippen molar-refractivity contribution in [1.29, 1.82) is 0 Å². The quantitative estimate of drug-likeness (QED) is 0.526. The van der Waals surface area contributed by atoms with Crippen LogP contribution in [0.4, 0.5) is 4.79 Å². The molecule has 156 valence electrons. The molecule has 8 heteroatoms. The Morgan fingerprint density at radius 3 is 2.18 bits per heavy atom. The second-order valence-electron chi connectivity index (χ2n) is 7.23. The van der Waals surface area contributed by atoms with Crippen molar-refractivity contribution >= 4 is 17.9 Å². The number of benzene rings is 1. The van der Waals surface area contributed by atoms with E-state index in [2.05, 4.69) is 16.0 Å². The van der Waals surface area contributed by atoms with Crippen LogP contribution in [0.2, 0.25) is 0 Å². The van der Waals surface area contributed by atoms with E-state index in [-0.39, 0.29) is 24.8 Å². The standard InChI is InChI=1S/C20H31N3O5/c1-20(2,3)28-19(26)23-11-10-18(25)22-13-12-21-17(24)9-8-15-6-5-7-16(14-15)27-4/h5-7,14H,8-13H2,1-4H3,(H,21,24)(H,22,25)(H,23,26). The van der Waals surface area contributed by atoms with Crippen LogP contribution in [0.1, 0.15) is 39.2 Å². The highest BCUT2D eigenvalue weighted by Gasteiger charge is 2.15. The molecule has 0 aliphatic carbocycles. The fourth-order valence-electron chi connectivity index (χ4n) is 2.26. The van der Waals surface area contributed by atoms with Gasteiger partial charge in [-0.3, -0.25) is 9.59 Å². The van der Waals surface area contributed by atoms with Crippen LogP contribution < -0.4 is 20.7 Å². The molecule has 0 atom stereocenters. The Morgan fingerprint density at radius 2 is 1.57 bits per heavy atom. The number of rotatable bonds is 10. The summed E-state index contributed by atoms with van der Waals surface area (Å²) in [5, 5.41) is 7.97. The summed E-state index contributed by atoms with van der Waals surface area (Å²) in [6.07, 6.45) is 0.568. The van der Waals surface area contributed by atoms with Gasteiger partial charge in [-0.15, -0.1) is 0 Å². The molecule has 0 bridgehead atoms. The summed E-state index contributed by atoms with van der Waals surface area (Å²) in [5.41, 5.74) is 0.456. The summed E-state index contributed by atoms with van der Waals surface area (Å²) in [5.74, 6) is 0.479. The lowest BCUT2D eigenvalue weighted by Gasteiger charge is -2.19. The number of hydrogen-bond acceptors (Lipinski definition) is 5. The number of hydrogen-bond donors (Lipinski definition) is 3. The molecule has 0 aliphatic heterocycles. The van der Waals surface area contributed by atoms with Crippen molar-refractivity contribution in [3.63, 3.8) is 0 Å². The van der Waals surface area contributed by atoms with E-state index < -0.39 is 11.7 Å². The minimum Gasteiger partial charge on any atom is -0.497 e. The molecule has 0 aromatic heterocycles. The van der Waals surface area contributed by atoms with E-state index in [0.717, 1.165) is 11.3 Å². The van der Waals surface area contributed by atoms with Gasteiger partial charge in [-0.25, -0.2) is 4.79 Å². The molecule has 1 aromatic rings. The first-order valence-electron chi connectivity index (χ1n) is 9.33. The van der Waals surface area contributed by atoms with Crippen molar-refractivity contribution < 1.29 is 23.9 Å². The zero-order chi connectivity index (χ0) is 21.0. The smallest absolute Gasteiger partial charge is 0.407 e. The van der Waals surface area contributed by atoms with E-state index in [1.807, 2.05) is 24.3 Å². The normalized spacial score (nSPS) is 10.7. The molecule has 3 amide bonds. The van der Waals surface area contributed by atoms with Crippen molar-refractivity contribution in [2.24, 2.45) is 0 Å². The fraction of sp³-hybridized carbons (Fsp3) is 0.550. The van der Waals surface area contributed by atoms with Gasteiger partial charge in [0.2, 0.25) is 11.8 Å². The van der Waals surface area contributed by atoms with Gasteiger partial charge in [0, 0.05) is 32.5 Å². The van der Waals surface area contributed by atoms with Crippen LogP contribution >= 0.6 is 0 Å². The number of nitrogens with one attached hydrogen (secondary N) is 3. The highest BCUT2D eigenvalue weighted by Crippen LogP contribution is 2.13. The number of amides is 3. The van der Waals surface area contributed by atoms with Crippen LogP contribution in [0.5, 0.6) is 5.75 Å². The number of carbonyl (C=O) groups is 3. The Bertz CT molecular complexity index is 655. The highest BCUT2D eigenvalue weighted by atomic mass is 16.6. The van der Waals surface area contributed by atoms with Crippen molar-refractivity contribution in [2.45, 2.75) is 45.6 Å². The number of methoxy groups -OCH3 is 1. The molecule has 8 nitrogen and oxygen atoms in total. The largest absolute Gasteiger partial charge is 0.497 e. The molecule has 0 heterocycles. The Labute approximate surface area is 166 Å². The van der Waals surface area contributed by atoms with E-state index in [0.29, 0.717) is 25.9 Å². The molecule has 0 aliphatic rings. The first-order chi connectivity index (χ1) is 13.2. The van der Waals surface area contributed by atoms with Gasteiger partial charge in [0.15, 0.2) is 0 Å². The van der Waals surface area contributed by atoms with Crippen molar-refractivity contribution in [3.05, 3.63) is 29.8 Å². The predicted octanol–water partition coefficient (Wildman–Crippen LogP) is 1.77. The van der Waals surface area contributed by atoms with Crippen molar-refractivity contribution in [3.8, 4) is 5.75 Å². The average Bonchev–Trinajstić information content (AvgIpc) is 2.62. The van der Waals surface area contributed by atoms with Crippen molar-refractivity contribution in [2.75, 3.05) is 26.7 Å². The number of carbonyl (C=O) groups excluding carboxylic acids is 3. The Hall–Kier alpha value is -2.77. The van der Waals surface area contributed by atoms with Crippen LogP contribution in [0.15, 0.2) is 24.3 Å². The third-order valence-electron chi connectivity index (χ3n) is 3.56. The minimum atomic E-state index is -0.572.